The van der Waals surface area contributed by atoms with Crippen LogP contribution in [0.25, 0.3) is 11.1 Å². The van der Waals surface area contributed by atoms with Crippen LogP contribution in [-0.2, 0) is 0 Å². The molecule has 0 aliphatic heterocycles. The molecule has 0 atom stereocenters. The summed E-state index contributed by atoms with van der Waals surface area (Å²) in [6.45, 7) is 3.61. The predicted molar refractivity (Wildman–Crippen MR) is 117 cm³/mol. The molecule has 0 bridgehead atoms. The number of phenolic OH excluding ortho intramolecular Hbond substituents is 1. The van der Waals surface area contributed by atoms with Gasteiger partial charge in [0.05, 0.1) is 0 Å². The third kappa shape index (κ3) is 4.81. The number of aromatic hydroxyl groups is 1. The summed E-state index contributed by atoms with van der Waals surface area (Å²) in [4.78, 5) is 0. The van der Waals surface area contributed by atoms with Crippen LogP contribution in [-0.4, -0.2) is 25.3 Å². The molecule has 0 fully saturated rings. The highest BCUT2D eigenvalue weighted by molar-refractivity contribution is 5.98. The first-order valence-corrected chi connectivity index (χ1v) is 9.68. The normalized spacial score (nSPS) is 11.8. The Balaban J connectivity index is 2.08. The van der Waals surface area contributed by atoms with Gasteiger partial charge >= 0.3 is 0 Å². The van der Waals surface area contributed by atoms with E-state index in [0.29, 0.717) is 6.61 Å². The molecule has 0 aromatic heterocycles. The second-order valence-electron chi connectivity index (χ2n) is 6.60. The van der Waals surface area contributed by atoms with E-state index in [1.807, 2.05) is 43.4 Å². The first kappa shape index (κ1) is 19.7. The summed E-state index contributed by atoms with van der Waals surface area (Å²) in [6.07, 6.45) is 0.884. The Labute approximate surface area is 167 Å². The van der Waals surface area contributed by atoms with Crippen molar-refractivity contribution < 1.29 is 9.84 Å². The van der Waals surface area contributed by atoms with Gasteiger partial charge in [0.25, 0.3) is 0 Å². The van der Waals surface area contributed by atoms with Gasteiger partial charge in [-0.25, -0.2) is 0 Å². The van der Waals surface area contributed by atoms with E-state index >= 15 is 0 Å². The maximum absolute atomic E-state index is 10.0. The summed E-state index contributed by atoms with van der Waals surface area (Å²) in [7, 11) is 1.91. The summed E-state index contributed by atoms with van der Waals surface area (Å²) < 4.78 is 5.76. The summed E-state index contributed by atoms with van der Waals surface area (Å²) in [5, 5.41) is 13.1. The van der Waals surface area contributed by atoms with E-state index in [-0.39, 0.29) is 5.75 Å². The Hall–Kier alpha value is -3.04. The number of nitrogens with one attached hydrogen (secondary N) is 1. The van der Waals surface area contributed by atoms with Crippen LogP contribution in [0.5, 0.6) is 11.5 Å². The number of hydrogen-bond acceptors (Lipinski definition) is 3. The van der Waals surface area contributed by atoms with Crippen LogP contribution in [0.1, 0.15) is 30.0 Å². The Bertz CT molecular complexity index is 915. The van der Waals surface area contributed by atoms with E-state index < -0.39 is 0 Å². The van der Waals surface area contributed by atoms with E-state index in [0.717, 1.165) is 35.4 Å². The van der Waals surface area contributed by atoms with Gasteiger partial charge in [-0.3, -0.25) is 0 Å². The number of hydrogen-bond donors (Lipinski definition) is 2. The number of allylic oxidation sites excluding steroid dienone is 1. The van der Waals surface area contributed by atoms with Crippen LogP contribution in [0.3, 0.4) is 0 Å². The molecule has 144 valence electrons. The third-order valence-electron chi connectivity index (χ3n) is 4.68. The summed E-state index contributed by atoms with van der Waals surface area (Å²) >= 11 is 0. The maximum atomic E-state index is 10.0. The highest BCUT2D eigenvalue weighted by Gasteiger charge is 2.13. The smallest absolute Gasteiger partial charge is 0.119 e. The molecule has 3 aromatic rings. The lowest BCUT2D eigenvalue weighted by Gasteiger charge is -2.17. The van der Waals surface area contributed by atoms with Crippen molar-refractivity contribution >= 4 is 11.1 Å². The molecule has 0 amide bonds. The highest BCUT2D eigenvalue weighted by Crippen LogP contribution is 2.35. The third-order valence-corrected chi connectivity index (χ3v) is 4.68. The van der Waals surface area contributed by atoms with E-state index in [1.165, 1.54) is 11.1 Å². The zero-order chi connectivity index (χ0) is 19.8. The highest BCUT2D eigenvalue weighted by atomic mass is 16.5. The Morgan fingerprint density at radius 2 is 1.57 bits per heavy atom. The van der Waals surface area contributed by atoms with Crippen LogP contribution in [0.2, 0.25) is 0 Å². The Morgan fingerprint density at radius 3 is 2.21 bits per heavy atom. The van der Waals surface area contributed by atoms with Crippen molar-refractivity contribution in [2.24, 2.45) is 0 Å². The molecule has 3 aromatic carbocycles. The Kier molecular flexibility index (Phi) is 6.88. The van der Waals surface area contributed by atoms with Crippen molar-refractivity contribution in [3.63, 3.8) is 0 Å². The SMILES string of the molecule is CC/C(=C(\c1ccc(OCCNC)cc1)c1cccc(O)c1)c1ccccc1. The zero-order valence-corrected chi connectivity index (χ0v) is 16.5. The van der Waals surface area contributed by atoms with Crippen LogP contribution in [0, 0.1) is 0 Å². The van der Waals surface area contributed by atoms with E-state index in [9.17, 15) is 5.11 Å². The zero-order valence-electron chi connectivity index (χ0n) is 16.5. The van der Waals surface area contributed by atoms with Gasteiger partial charge in [-0.05, 0) is 65.6 Å². The lowest BCUT2D eigenvalue weighted by Crippen LogP contribution is -2.15. The average Bonchev–Trinajstić information content (AvgIpc) is 2.73. The standard InChI is InChI=1S/C25H27NO2/c1-3-24(19-8-5-4-6-9-19)25(21-10-7-11-22(27)18-21)20-12-14-23(15-13-20)28-17-16-26-2/h4-15,18,26-27H,3,16-17H2,1-2H3/b25-24-. The molecule has 3 heteroatoms. The molecule has 0 saturated heterocycles. The fourth-order valence-electron chi connectivity index (χ4n) is 3.33. The van der Waals surface area contributed by atoms with Crippen molar-refractivity contribution in [1.82, 2.24) is 5.32 Å². The molecule has 2 N–H and O–H groups in total. The molecule has 0 aliphatic carbocycles. The second-order valence-corrected chi connectivity index (χ2v) is 6.60. The number of phenols is 1. The van der Waals surface area contributed by atoms with Crippen LogP contribution >= 0.6 is 0 Å². The van der Waals surface area contributed by atoms with Crippen molar-refractivity contribution in [3.05, 3.63) is 95.6 Å². The molecular formula is C25H27NO2. The second kappa shape index (κ2) is 9.77. The quantitative estimate of drug-likeness (QED) is 0.413. The largest absolute Gasteiger partial charge is 0.508 e. The van der Waals surface area contributed by atoms with Gasteiger partial charge in [0.15, 0.2) is 0 Å². The molecule has 3 nitrogen and oxygen atoms in total. The molecule has 0 radical (unpaired) electrons. The van der Waals surface area contributed by atoms with Gasteiger partial charge in [0, 0.05) is 6.54 Å². The fourth-order valence-corrected chi connectivity index (χ4v) is 3.33. The van der Waals surface area contributed by atoms with Crippen molar-refractivity contribution in [2.75, 3.05) is 20.2 Å². The first-order valence-electron chi connectivity index (χ1n) is 9.68. The summed E-state index contributed by atoms with van der Waals surface area (Å²) in [6, 6.07) is 26.1. The minimum absolute atomic E-state index is 0.269. The fraction of sp³-hybridized carbons (Fsp3) is 0.200. The van der Waals surface area contributed by atoms with Gasteiger partial charge in [-0.15, -0.1) is 0 Å². The lowest BCUT2D eigenvalue weighted by atomic mass is 9.88. The van der Waals surface area contributed by atoms with Crippen molar-refractivity contribution in [3.8, 4) is 11.5 Å². The average molecular weight is 373 g/mol. The summed E-state index contributed by atoms with van der Waals surface area (Å²) in [5.74, 6) is 1.12. The van der Waals surface area contributed by atoms with Crippen molar-refractivity contribution in [2.45, 2.75) is 13.3 Å². The lowest BCUT2D eigenvalue weighted by molar-refractivity contribution is 0.318. The van der Waals surface area contributed by atoms with Crippen LogP contribution in [0.15, 0.2) is 78.9 Å². The number of rotatable bonds is 8. The van der Waals surface area contributed by atoms with Crippen molar-refractivity contribution in [1.29, 1.82) is 0 Å². The number of likely N-dealkylation sites (N-methyl/N-ethyl adjacent to an activating group) is 1. The molecule has 0 spiro atoms. The van der Waals surface area contributed by atoms with E-state index in [1.54, 1.807) is 6.07 Å². The topological polar surface area (TPSA) is 41.5 Å². The molecule has 0 heterocycles. The Morgan fingerprint density at radius 1 is 0.857 bits per heavy atom. The molecule has 3 rings (SSSR count). The van der Waals surface area contributed by atoms with Gasteiger partial charge in [-0.2, -0.15) is 0 Å². The van der Waals surface area contributed by atoms with Gasteiger partial charge in [-0.1, -0.05) is 61.5 Å². The first-order chi connectivity index (χ1) is 13.7. The molecule has 28 heavy (non-hydrogen) atoms. The predicted octanol–water partition coefficient (Wildman–Crippen LogP) is 5.36. The van der Waals surface area contributed by atoms with Gasteiger partial charge in [0.1, 0.15) is 18.1 Å². The minimum Gasteiger partial charge on any atom is -0.508 e. The van der Waals surface area contributed by atoms with Crippen LogP contribution in [0.4, 0.5) is 0 Å². The van der Waals surface area contributed by atoms with E-state index in [2.05, 4.69) is 48.6 Å². The van der Waals surface area contributed by atoms with Crippen LogP contribution < -0.4 is 10.1 Å². The van der Waals surface area contributed by atoms with E-state index in [4.69, 9.17) is 4.74 Å². The minimum atomic E-state index is 0.269. The summed E-state index contributed by atoms with van der Waals surface area (Å²) in [5.41, 5.74) is 5.68. The molecule has 0 unspecified atom stereocenters. The molecule has 0 aliphatic rings. The molecular weight excluding hydrogens is 346 g/mol. The van der Waals surface area contributed by atoms with Gasteiger partial charge < -0.3 is 15.2 Å². The monoisotopic (exact) mass is 373 g/mol. The number of benzene rings is 3. The molecule has 0 saturated carbocycles. The number of ether oxygens (including phenoxy) is 1. The maximum Gasteiger partial charge on any atom is 0.119 e. The van der Waals surface area contributed by atoms with Gasteiger partial charge in [0.2, 0.25) is 0 Å².